The average molecular weight is 282 g/mol. The number of carbonyl (C=O) groups excluding carboxylic acids is 1. The third kappa shape index (κ3) is 1.93. The summed E-state index contributed by atoms with van der Waals surface area (Å²) < 4.78 is 5.73. The highest BCUT2D eigenvalue weighted by Crippen LogP contribution is 2.23. The van der Waals surface area contributed by atoms with Gasteiger partial charge in [0.2, 0.25) is 0 Å². The summed E-state index contributed by atoms with van der Waals surface area (Å²) in [5.41, 5.74) is 0.652. The molecule has 0 fully saturated rings. The molecule has 0 saturated carbocycles. The number of alkyl halides is 1. The fourth-order valence-electron chi connectivity index (χ4n) is 0.675. The second-order valence-corrected chi connectivity index (χ2v) is 3.84. The van der Waals surface area contributed by atoms with E-state index in [1.165, 1.54) is 0 Å². The van der Waals surface area contributed by atoms with Gasteiger partial charge in [0, 0.05) is 9.81 Å². The Morgan fingerprint density at radius 2 is 2.36 bits per heavy atom. The van der Waals surface area contributed by atoms with Crippen molar-refractivity contribution in [3.05, 3.63) is 21.9 Å². The molecule has 1 rings (SSSR count). The van der Waals surface area contributed by atoms with Crippen LogP contribution in [0, 0.1) is 0 Å². The fourth-order valence-corrected chi connectivity index (χ4v) is 1.26. The van der Waals surface area contributed by atoms with E-state index in [2.05, 4.69) is 31.9 Å². The summed E-state index contributed by atoms with van der Waals surface area (Å²) >= 11 is 6.41. The molecule has 0 aromatic rings. The molecule has 0 spiro atoms. The number of rotatable bonds is 1. The van der Waals surface area contributed by atoms with E-state index in [9.17, 15) is 4.79 Å². The van der Waals surface area contributed by atoms with Crippen molar-refractivity contribution in [2.24, 2.45) is 0 Å². The Morgan fingerprint density at radius 3 is 2.64 bits per heavy atom. The van der Waals surface area contributed by atoms with Gasteiger partial charge >= 0.3 is 5.97 Å². The first-order chi connectivity index (χ1) is 5.15. The molecule has 1 aliphatic heterocycles. The minimum atomic E-state index is -0.268. The SMILES string of the molecule is CC(Br)=C1C=C(CBr)C(=O)O1. The molecule has 0 aromatic heterocycles. The Kier molecular flexibility index (Phi) is 2.90. The van der Waals surface area contributed by atoms with Crippen LogP contribution in [0.3, 0.4) is 0 Å². The number of hydrogen-bond donors (Lipinski definition) is 0. The van der Waals surface area contributed by atoms with Crippen LogP contribution in [0.2, 0.25) is 0 Å². The molecule has 2 nitrogen and oxygen atoms in total. The molecule has 0 atom stereocenters. The van der Waals surface area contributed by atoms with Crippen molar-refractivity contribution >= 4 is 37.8 Å². The molecule has 0 aromatic carbocycles. The number of cyclic esters (lactones) is 1. The van der Waals surface area contributed by atoms with Gasteiger partial charge < -0.3 is 4.74 Å². The Bertz CT molecular complexity index is 249. The number of allylic oxidation sites excluding steroid dienone is 2. The molecule has 0 radical (unpaired) electrons. The lowest BCUT2D eigenvalue weighted by Gasteiger charge is -1.94. The number of halogens is 2. The largest absolute Gasteiger partial charge is 0.422 e. The molecule has 1 aliphatic rings. The smallest absolute Gasteiger partial charge is 0.340 e. The second kappa shape index (κ2) is 3.54. The molecule has 0 bridgehead atoms. The summed E-state index contributed by atoms with van der Waals surface area (Å²) in [4.78, 5) is 10.9. The highest BCUT2D eigenvalue weighted by atomic mass is 79.9. The molecule has 11 heavy (non-hydrogen) atoms. The van der Waals surface area contributed by atoms with E-state index in [1.807, 2.05) is 6.92 Å². The molecule has 1 heterocycles. The Balaban J connectivity index is 2.92. The van der Waals surface area contributed by atoms with Crippen molar-refractivity contribution < 1.29 is 9.53 Å². The van der Waals surface area contributed by atoms with Gasteiger partial charge in [-0.25, -0.2) is 4.79 Å². The van der Waals surface area contributed by atoms with E-state index in [-0.39, 0.29) is 5.97 Å². The number of hydrogen-bond acceptors (Lipinski definition) is 2. The predicted molar refractivity (Wildman–Crippen MR) is 49.6 cm³/mol. The summed E-state index contributed by atoms with van der Waals surface area (Å²) in [5, 5.41) is 0.537. The highest BCUT2D eigenvalue weighted by Gasteiger charge is 2.20. The molecule has 0 amide bonds. The van der Waals surface area contributed by atoms with Crippen LogP contribution in [-0.2, 0) is 9.53 Å². The van der Waals surface area contributed by atoms with Crippen LogP contribution in [0.25, 0.3) is 0 Å². The van der Waals surface area contributed by atoms with E-state index < -0.39 is 0 Å². The zero-order valence-electron chi connectivity index (χ0n) is 5.86. The molecule has 60 valence electrons. The molecular formula is C7H6Br2O2. The summed E-state index contributed by atoms with van der Waals surface area (Å²) in [6.07, 6.45) is 1.72. The van der Waals surface area contributed by atoms with E-state index in [0.717, 1.165) is 4.48 Å². The first kappa shape index (κ1) is 9.00. The van der Waals surface area contributed by atoms with Gasteiger partial charge in [0.1, 0.15) is 5.76 Å². The predicted octanol–water partition coefficient (Wildman–Crippen LogP) is 2.49. The molecule has 0 aliphatic carbocycles. The zero-order valence-corrected chi connectivity index (χ0v) is 9.03. The van der Waals surface area contributed by atoms with Gasteiger partial charge in [0.05, 0.1) is 5.57 Å². The van der Waals surface area contributed by atoms with Crippen molar-refractivity contribution in [2.45, 2.75) is 6.92 Å². The van der Waals surface area contributed by atoms with Crippen molar-refractivity contribution in [1.29, 1.82) is 0 Å². The molecular weight excluding hydrogens is 276 g/mol. The van der Waals surface area contributed by atoms with Crippen LogP contribution in [-0.4, -0.2) is 11.3 Å². The van der Waals surface area contributed by atoms with Gasteiger partial charge in [0.25, 0.3) is 0 Å². The average Bonchev–Trinajstić information content (AvgIpc) is 2.31. The van der Waals surface area contributed by atoms with E-state index >= 15 is 0 Å². The zero-order chi connectivity index (χ0) is 8.43. The van der Waals surface area contributed by atoms with Gasteiger partial charge in [-0.1, -0.05) is 31.9 Å². The van der Waals surface area contributed by atoms with Gasteiger partial charge in [-0.2, -0.15) is 0 Å². The lowest BCUT2D eigenvalue weighted by atomic mass is 10.3. The fraction of sp³-hybridized carbons (Fsp3) is 0.286. The Hall–Kier alpha value is -0.0900. The van der Waals surface area contributed by atoms with Gasteiger partial charge in [-0.3, -0.25) is 0 Å². The number of ether oxygens (including phenoxy) is 1. The minimum Gasteiger partial charge on any atom is -0.422 e. The maximum absolute atomic E-state index is 10.9. The van der Waals surface area contributed by atoms with Crippen LogP contribution in [0.1, 0.15) is 6.92 Å². The maximum atomic E-state index is 10.9. The Morgan fingerprint density at radius 1 is 1.73 bits per heavy atom. The van der Waals surface area contributed by atoms with Crippen molar-refractivity contribution in [3.63, 3.8) is 0 Å². The topological polar surface area (TPSA) is 26.3 Å². The normalized spacial score (nSPS) is 21.4. The van der Waals surface area contributed by atoms with Gasteiger partial charge in [0.15, 0.2) is 0 Å². The van der Waals surface area contributed by atoms with Crippen LogP contribution in [0.5, 0.6) is 0 Å². The molecule has 0 N–H and O–H groups in total. The van der Waals surface area contributed by atoms with E-state index in [0.29, 0.717) is 16.7 Å². The van der Waals surface area contributed by atoms with Crippen molar-refractivity contribution in [2.75, 3.05) is 5.33 Å². The quantitative estimate of drug-likeness (QED) is 0.545. The monoisotopic (exact) mass is 280 g/mol. The standard InChI is InChI=1S/C7H6Br2O2/c1-4(9)6-2-5(3-8)7(10)11-6/h2H,3H2,1H3. The molecule has 0 saturated heterocycles. The van der Waals surface area contributed by atoms with Crippen LogP contribution >= 0.6 is 31.9 Å². The van der Waals surface area contributed by atoms with Crippen LogP contribution in [0.15, 0.2) is 21.9 Å². The second-order valence-electron chi connectivity index (χ2n) is 2.09. The summed E-state index contributed by atoms with van der Waals surface area (Å²) in [5.74, 6) is 0.333. The third-order valence-electron chi connectivity index (χ3n) is 1.25. The van der Waals surface area contributed by atoms with E-state index in [4.69, 9.17) is 4.74 Å². The minimum absolute atomic E-state index is 0.268. The highest BCUT2D eigenvalue weighted by molar-refractivity contribution is 9.11. The third-order valence-corrected chi connectivity index (χ3v) is 2.25. The first-order valence-corrected chi connectivity index (χ1v) is 4.91. The van der Waals surface area contributed by atoms with Crippen molar-refractivity contribution in [1.82, 2.24) is 0 Å². The number of carbonyl (C=O) groups is 1. The van der Waals surface area contributed by atoms with Gasteiger partial charge in [-0.15, -0.1) is 0 Å². The summed E-state index contributed by atoms with van der Waals surface area (Å²) in [7, 11) is 0. The summed E-state index contributed by atoms with van der Waals surface area (Å²) in [6, 6.07) is 0. The Labute approximate surface area is 81.6 Å². The number of esters is 1. The van der Waals surface area contributed by atoms with Gasteiger partial charge in [-0.05, 0) is 13.0 Å². The maximum Gasteiger partial charge on any atom is 0.340 e. The summed E-state index contributed by atoms with van der Waals surface area (Å²) in [6.45, 7) is 1.83. The first-order valence-electron chi connectivity index (χ1n) is 3.00. The van der Waals surface area contributed by atoms with Crippen LogP contribution < -0.4 is 0 Å². The van der Waals surface area contributed by atoms with E-state index in [1.54, 1.807) is 6.08 Å². The lowest BCUT2D eigenvalue weighted by Crippen LogP contribution is -1.99. The molecule has 4 heteroatoms. The molecule has 0 unspecified atom stereocenters. The van der Waals surface area contributed by atoms with Crippen LogP contribution in [0.4, 0.5) is 0 Å². The lowest BCUT2D eigenvalue weighted by molar-refractivity contribution is -0.133. The van der Waals surface area contributed by atoms with Crippen molar-refractivity contribution in [3.8, 4) is 0 Å².